The highest BCUT2D eigenvalue weighted by molar-refractivity contribution is 7.92. The van der Waals surface area contributed by atoms with Gasteiger partial charge in [0, 0.05) is 76.7 Å². The van der Waals surface area contributed by atoms with E-state index in [1.54, 1.807) is 43.5 Å². The number of nitrogens with zero attached hydrogens (tertiary/aromatic N) is 7. The average Bonchev–Trinajstić information content (AvgIpc) is 3.47. The Hall–Kier alpha value is -6.02. The van der Waals surface area contributed by atoms with Crippen molar-refractivity contribution in [2.45, 2.75) is 25.0 Å². The van der Waals surface area contributed by atoms with Crippen molar-refractivity contribution >= 4 is 85.5 Å². The van der Waals surface area contributed by atoms with E-state index in [2.05, 4.69) is 40.6 Å². The second kappa shape index (κ2) is 17.2. The minimum Gasteiger partial charge on any atom is -0.494 e. The van der Waals surface area contributed by atoms with E-state index < -0.39 is 39.7 Å². The molecule has 1 unspecified atom stereocenters. The lowest BCUT2D eigenvalue weighted by molar-refractivity contribution is -0.136. The second-order valence-corrected chi connectivity index (χ2v) is 17.6. The predicted octanol–water partition coefficient (Wildman–Crippen LogP) is 3.45. The number of carbonyl (C=O) groups is 4. The maximum atomic E-state index is 13.2. The van der Waals surface area contributed by atoms with Gasteiger partial charge in [-0.3, -0.25) is 38.6 Å². The zero-order valence-electron chi connectivity index (χ0n) is 33.8. The Labute approximate surface area is 357 Å². The Balaban J connectivity index is 0.797. The van der Waals surface area contributed by atoms with Crippen LogP contribution in [0.15, 0.2) is 66.9 Å². The van der Waals surface area contributed by atoms with Crippen molar-refractivity contribution in [2.24, 2.45) is 0 Å². The molecule has 4 aliphatic rings. The van der Waals surface area contributed by atoms with E-state index in [0.717, 1.165) is 55.3 Å². The summed E-state index contributed by atoms with van der Waals surface area (Å²) in [6.07, 6.45) is 2.82. The number of rotatable bonds is 14. The number of aromatic nitrogens is 2. The molecule has 8 rings (SSSR count). The quantitative estimate of drug-likeness (QED) is 0.156. The number of halogens is 1. The van der Waals surface area contributed by atoms with E-state index in [9.17, 15) is 27.6 Å². The van der Waals surface area contributed by atoms with E-state index in [1.807, 2.05) is 24.3 Å². The number of fused-ring (bicyclic) bond motifs is 1. The van der Waals surface area contributed by atoms with Crippen LogP contribution >= 0.6 is 11.6 Å². The Morgan fingerprint density at radius 2 is 1.62 bits per heavy atom. The number of carbonyl (C=O) groups excluding carboxylic acids is 4. The van der Waals surface area contributed by atoms with E-state index in [-0.39, 0.29) is 46.9 Å². The Bertz CT molecular complexity index is 2500. The van der Waals surface area contributed by atoms with Crippen LogP contribution in [0.1, 0.15) is 33.6 Å². The van der Waals surface area contributed by atoms with Gasteiger partial charge in [-0.25, -0.2) is 13.4 Å². The molecule has 3 N–H and O–H groups in total. The molecule has 1 atom stereocenters. The molecule has 3 aromatic carbocycles. The van der Waals surface area contributed by atoms with Gasteiger partial charge in [0.2, 0.25) is 27.8 Å². The van der Waals surface area contributed by atoms with Gasteiger partial charge in [0.1, 0.15) is 16.8 Å². The number of hydrogen-bond acceptors (Lipinski definition) is 15. The lowest BCUT2D eigenvalue weighted by Crippen LogP contribution is -2.54. The van der Waals surface area contributed by atoms with Crippen molar-refractivity contribution in [1.29, 1.82) is 0 Å². The summed E-state index contributed by atoms with van der Waals surface area (Å²) in [5.41, 5.74) is 3.93. The summed E-state index contributed by atoms with van der Waals surface area (Å²) in [7, 11) is -0.439. The van der Waals surface area contributed by atoms with Crippen LogP contribution in [0, 0.1) is 0 Å². The summed E-state index contributed by atoms with van der Waals surface area (Å²) in [5, 5.41) is 8.83. The number of nitrogens with one attached hydrogen (secondary N) is 3. The number of anilines is 7. The summed E-state index contributed by atoms with van der Waals surface area (Å²) >= 11 is 6.45. The van der Waals surface area contributed by atoms with Crippen LogP contribution in [0.25, 0.3) is 0 Å². The molecule has 0 spiro atoms. The number of para-hydroxylation sites is 2. The Morgan fingerprint density at radius 1 is 0.902 bits per heavy atom. The number of amides is 4. The summed E-state index contributed by atoms with van der Waals surface area (Å²) in [6, 6.07) is 17.0. The molecule has 3 fully saturated rings. The molecule has 5 heterocycles. The summed E-state index contributed by atoms with van der Waals surface area (Å²) < 4.78 is 37.6. The van der Waals surface area contributed by atoms with Crippen LogP contribution in [0.3, 0.4) is 0 Å². The fraction of sp³-hybridized carbons (Fsp3) is 0.366. The first-order chi connectivity index (χ1) is 29.3. The van der Waals surface area contributed by atoms with Gasteiger partial charge < -0.3 is 29.9 Å². The standard InChI is InChI=1S/C41H45ClN10O8S/c1-48(61(3,57)58)33-7-5-4-6-31(33)44-37-30(42)22-43-41(47-37)45-32-11-9-26(21-35(32)59-2)50-16-14-49(15-17-50)18-19-60-27-23-51(24-27)25-8-10-28-29(20-25)40(56)52(39(28)55)34-12-13-36(53)46-38(34)54/h4-11,20-22,27,34H,12-19,23-24H2,1-3H3,(H,46,53,54)(H2,43,44,45,47). The van der Waals surface area contributed by atoms with Crippen molar-refractivity contribution in [3.63, 3.8) is 0 Å². The summed E-state index contributed by atoms with van der Waals surface area (Å²) in [4.78, 5) is 66.9. The molecular formula is C41H45ClN10O8S. The lowest BCUT2D eigenvalue weighted by atomic mass is 10.0. The minimum absolute atomic E-state index is 0.0400. The molecule has 0 bridgehead atoms. The molecule has 1 aromatic heterocycles. The van der Waals surface area contributed by atoms with E-state index in [1.165, 1.54) is 17.5 Å². The highest BCUT2D eigenvalue weighted by atomic mass is 35.5. The lowest BCUT2D eigenvalue weighted by Gasteiger charge is -2.41. The van der Waals surface area contributed by atoms with Crippen LogP contribution in [0.2, 0.25) is 5.02 Å². The molecule has 320 valence electrons. The number of hydrogen-bond donors (Lipinski definition) is 3. The molecule has 61 heavy (non-hydrogen) atoms. The highest BCUT2D eigenvalue weighted by Crippen LogP contribution is 2.36. The normalized spacial score (nSPS) is 18.5. The van der Waals surface area contributed by atoms with Gasteiger partial charge in [-0.2, -0.15) is 4.98 Å². The number of ether oxygens (including phenoxy) is 2. The van der Waals surface area contributed by atoms with E-state index in [0.29, 0.717) is 42.5 Å². The Morgan fingerprint density at radius 3 is 2.36 bits per heavy atom. The maximum Gasteiger partial charge on any atom is 0.262 e. The molecule has 0 radical (unpaired) electrons. The van der Waals surface area contributed by atoms with Gasteiger partial charge in [-0.15, -0.1) is 0 Å². The molecule has 18 nitrogen and oxygen atoms in total. The van der Waals surface area contributed by atoms with Gasteiger partial charge in [0.15, 0.2) is 5.82 Å². The number of methoxy groups -OCH3 is 1. The second-order valence-electron chi connectivity index (χ2n) is 15.2. The van der Waals surface area contributed by atoms with Gasteiger partial charge in [0.05, 0.1) is 60.5 Å². The van der Waals surface area contributed by atoms with Crippen molar-refractivity contribution in [3.05, 3.63) is 83.0 Å². The molecule has 4 amide bonds. The zero-order valence-corrected chi connectivity index (χ0v) is 35.3. The molecule has 0 aliphatic carbocycles. The van der Waals surface area contributed by atoms with Gasteiger partial charge in [-0.1, -0.05) is 23.7 Å². The fourth-order valence-electron chi connectivity index (χ4n) is 7.76. The van der Waals surface area contributed by atoms with E-state index in [4.69, 9.17) is 21.1 Å². The van der Waals surface area contributed by atoms with Crippen molar-refractivity contribution in [2.75, 3.05) is 97.6 Å². The number of sulfonamides is 1. The third kappa shape index (κ3) is 8.77. The first-order valence-corrected chi connectivity index (χ1v) is 22.0. The number of imide groups is 2. The maximum absolute atomic E-state index is 13.2. The van der Waals surface area contributed by atoms with Crippen LogP contribution in [-0.2, 0) is 24.3 Å². The first-order valence-electron chi connectivity index (χ1n) is 19.7. The smallest absolute Gasteiger partial charge is 0.262 e. The number of benzene rings is 3. The largest absolute Gasteiger partial charge is 0.494 e. The molecule has 3 saturated heterocycles. The molecule has 4 aromatic rings. The van der Waals surface area contributed by atoms with Crippen molar-refractivity contribution in [3.8, 4) is 5.75 Å². The predicted molar refractivity (Wildman–Crippen MR) is 230 cm³/mol. The topological polar surface area (TPSA) is 199 Å². The monoisotopic (exact) mass is 872 g/mol. The average molecular weight is 873 g/mol. The fourth-order valence-corrected chi connectivity index (χ4v) is 8.42. The van der Waals surface area contributed by atoms with Crippen LogP contribution in [0.5, 0.6) is 5.75 Å². The third-order valence-corrected chi connectivity index (χ3v) is 12.8. The van der Waals surface area contributed by atoms with Gasteiger partial charge in [-0.05, 0) is 48.9 Å². The van der Waals surface area contributed by atoms with Crippen molar-refractivity contribution in [1.82, 2.24) is 25.1 Å². The van der Waals surface area contributed by atoms with E-state index >= 15 is 0 Å². The molecular weight excluding hydrogens is 828 g/mol. The van der Waals surface area contributed by atoms with Gasteiger partial charge in [0.25, 0.3) is 11.8 Å². The summed E-state index contributed by atoms with van der Waals surface area (Å²) in [5.74, 6) is -0.922. The van der Waals surface area contributed by atoms with Crippen molar-refractivity contribution < 1.29 is 37.1 Å². The van der Waals surface area contributed by atoms with Gasteiger partial charge >= 0.3 is 0 Å². The highest BCUT2D eigenvalue weighted by Gasteiger charge is 2.45. The zero-order chi connectivity index (χ0) is 43.0. The molecule has 20 heteroatoms. The minimum atomic E-state index is -3.51. The van der Waals surface area contributed by atoms with Crippen LogP contribution in [-0.4, -0.2) is 137 Å². The number of piperazine rings is 1. The molecule has 4 aliphatic heterocycles. The molecule has 0 saturated carbocycles. The third-order valence-electron chi connectivity index (χ3n) is 11.3. The van der Waals surface area contributed by atoms with Crippen LogP contribution < -0.4 is 34.8 Å². The number of piperidine rings is 1. The Kier molecular flexibility index (Phi) is 11.7. The first kappa shape index (κ1) is 41.7. The SMILES string of the molecule is COc1cc(N2CCN(CCOC3CN(c4ccc5c(c4)C(=O)N(C4CCC(=O)NC4=O)C5=O)C3)CC2)ccc1Nc1ncc(Cl)c(Nc2ccccc2N(C)S(C)(=O)=O)n1. The van der Waals surface area contributed by atoms with Crippen LogP contribution in [0.4, 0.5) is 40.2 Å². The summed E-state index contributed by atoms with van der Waals surface area (Å²) in [6.45, 7) is 6.03.